The molecule has 5 rings (SSSR count). The quantitative estimate of drug-likeness (QED) is 0.0933. The van der Waals surface area contributed by atoms with E-state index >= 15 is 0 Å². The maximum absolute atomic E-state index is 13.3. The molecule has 0 aliphatic rings. The van der Waals surface area contributed by atoms with E-state index in [4.69, 9.17) is 4.74 Å². The van der Waals surface area contributed by atoms with Gasteiger partial charge in [-0.25, -0.2) is 0 Å². The van der Waals surface area contributed by atoms with E-state index in [0.717, 1.165) is 31.7 Å². The van der Waals surface area contributed by atoms with Crippen LogP contribution in [0.4, 0.5) is 25.2 Å². The average Bonchev–Trinajstić information content (AvgIpc) is 2.84. The third kappa shape index (κ3) is 7.33. The zero-order chi connectivity index (χ0) is 27.8. The molecule has 0 spiro atoms. The molecule has 38 heavy (non-hydrogen) atoms. The molecular formula is C28H23F6O2PS. The van der Waals surface area contributed by atoms with Crippen LogP contribution in [0.3, 0.4) is 0 Å². The third-order valence-electron chi connectivity index (χ3n) is 5.52. The van der Waals surface area contributed by atoms with Crippen LogP contribution in [0.2, 0.25) is 0 Å². The molecule has 4 aromatic carbocycles. The van der Waals surface area contributed by atoms with Gasteiger partial charge in [-0.05, 0) is 60.0 Å². The predicted octanol–water partition coefficient (Wildman–Crippen LogP) is 11.4. The normalized spacial score (nSPS) is 14.0. The van der Waals surface area contributed by atoms with Crippen molar-refractivity contribution in [3.63, 3.8) is 0 Å². The minimum absolute atomic E-state index is 0.126. The Hall–Kier alpha value is -3.42. The van der Waals surface area contributed by atoms with Crippen molar-refractivity contribution >= 4 is 38.5 Å². The summed E-state index contributed by atoms with van der Waals surface area (Å²) in [5.74, 6) is 2.00. The van der Waals surface area contributed by atoms with Crippen molar-refractivity contribution < 1.29 is 29.9 Å². The molecule has 2 nitrogen and oxygen atoms in total. The van der Waals surface area contributed by atoms with Crippen LogP contribution in [-0.2, 0) is 0 Å². The first-order chi connectivity index (χ1) is 17.6. The summed E-state index contributed by atoms with van der Waals surface area (Å²) in [6.45, 7) is 4.32. The zero-order valence-corrected chi connectivity index (χ0v) is 22.0. The molecule has 0 aliphatic heterocycles. The van der Waals surface area contributed by atoms with Crippen LogP contribution in [0, 0.1) is 0 Å². The molecule has 0 fully saturated rings. The number of fused-ring (bicyclic) bond motifs is 2. The second kappa shape index (κ2) is 9.40. The van der Waals surface area contributed by atoms with E-state index in [0.29, 0.717) is 5.92 Å². The molecule has 1 unspecified atom stereocenters. The standard InChI is InChI=1S/C28H23O2S.F6P/c1-19(2)20-12-17-27-25(18-20)28(29)24-10-6-7-11-26(24)31(27)23-15-13-22(14-16-23)30-21-8-4-3-5-9-21;1-7(2,3,4,5)6/h3-19H,1-2H3;/q+1;-1. The van der Waals surface area contributed by atoms with E-state index in [2.05, 4.69) is 50.2 Å². The van der Waals surface area contributed by atoms with Crippen molar-refractivity contribution in [1.29, 1.82) is 0 Å². The third-order valence-corrected chi connectivity index (χ3v) is 7.86. The van der Waals surface area contributed by atoms with Crippen molar-refractivity contribution in [2.24, 2.45) is 0 Å². The Morgan fingerprint density at radius 2 is 1.18 bits per heavy atom. The average molecular weight is 569 g/mol. The predicted molar refractivity (Wildman–Crippen MR) is 146 cm³/mol. The maximum atomic E-state index is 13.3. The van der Waals surface area contributed by atoms with Gasteiger partial charge in [-0.2, -0.15) is 0 Å². The Labute approximate surface area is 217 Å². The summed E-state index contributed by atoms with van der Waals surface area (Å²) in [6, 6.07) is 32.5. The molecule has 0 aliphatic carbocycles. The van der Waals surface area contributed by atoms with Gasteiger partial charge in [0.15, 0.2) is 14.3 Å². The number of rotatable bonds is 4. The number of hydrogen-bond acceptors (Lipinski definition) is 2. The second-order valence-corrected chi connectivity index (χ2v) is 12.8. The topological polar surface area (TPSA) is 26.3 Å². The molecule has 1 atom stereocenters. The molecule has 5 aromatic rings. The fraction of sp³-hybridized carbons (Fsp3) is 0.107. The van der Waals surface area contributed by atoms with Crippen LogP contribution in [0.15, 0.2) is 102 Å². The molecule has 1 heterocycles. The molecule has 0 bridgehead atoms. The number of para-hydroxylation sites is 1. The Balaban J connectivity index is 0.000000426. The van der Waals surface area contributed by atoms with Gasteiger partial charge in [-0.1, -0.05) is 50.2 Å². The summed E-state index contributed by atoms with van der Waals surface area (Å²) in [5, 5.41) is 1.64. The summed E-state index contributed by atoms with van der Waals surface area (Å²) in [6.07, 6.45) is 0. The van der Waals surface area contributed by atoms with Gasteiger partial charge in [-0.15, -0.1) is 0 Å². The Morgan fingerprint density at radius 3 is 1.79 bits per heavy atom. The van der Waals surface area contributed by atoms with Crippen molar-refractivity contribution in [3.05, 3.63) is 113 Å². The Morgan fingerprint density at radius 1 is 0.658 bits per heavy atom. The molecule has 0 amide bonds. The van der Waals surface area contributed by atoms with Crippen LogP contribution in [0.5, 0.6) is 11.5 Å². The van der Waals surface area contributed by atoms with Crippen molar-refractivity contribution in [2.75, 3.05) is 0 Å². The summed E-state index contributed by atoms with van der Waals surface area (Å²) in [7, 11) is -11.0. The molecule has 0 radical (unpaired) electrons. The number of hydrogen-bond donors (Lipinski definition) is 0. The zero-order valence-electron chi connectivity index (χ0n) is 20.3. The van der Waals surface area contributed by atoms with E-state index in [1.807, 2.05) is 60.7 Å². The summed E-state index contributed by atoms with van der Waals surface area (Å²) < 4.78 is 67.4. The molecule has 200 valence electrons. The first-order valence-electron chi connectivity index (χ1n) is 11.5. The van der Waals surface area contributed by atoms with Crippen LogP contribution < -0.4 is 10.2 Å². The molecule has 1 aromatic heterocycles. The summed E-state index contributed by atoms with van der Waals surface area (Å²) in [4.78, 5) is 14.5. The molecular weight excluding hydrogens is 545 g/mol. The van der Waals surface area contributed by atoms with Crippen molar-refractivity contribution in [1.82, 2.24) is 0 Å². The minimum atomic E-state index is -10.7. The fourth-order valence-electron chi connectivity index (χ4n) is 3.88. The van der Waals surface area contributed by atoms with E-state index in [-0.39, 0.29) is 15.9 Å². The van der Waals surface area contributed by atoms with Gasteiger partial charge in [0, 0.05) is 22.6 Å². The van der Waals surface area contributed by atoms with Gasteiger partial charge in [0.1, 0.15) is 11.5 Å². The van der Waals surface area contributed by atoms with Gasteiger partial charge in [-0.3, -0.25) is 4.79 Å². The summed E-state index contributed by atoms with van der Waals surface area (Å²) >= 11 is 0. The number of halogens is 6. The number of benzene rings is 4. The van der Waals surface area contributed by atoms with E-state index < -0.39 is 7.81 Å². The van der Waals surface area contributed by atoms with E-state index in [1.54, 1.807) is 0 Å². The first kappa shape index (κ1) is 27.6. The molecule has 10 heteroatoms. The van der Waals surface area contributed by atoms with Gasteiger partial charge in [0.2, 0.25) is 5.43 Å². The Kier molecular flexibility index (Phi) is 6.83. The van der Waals surface area contributed by atoms with E-state index in [9.17, 15) is 30.0 Å². The van der Waals surface area contributed by atoms with Crippen LogP contribution >= 0.6 is 18.3 Å². The SMILES string of the molecule is CC(C)c1ccc2c(c1)c(=O)c1ccccc1[s+]2-c1ccc(Oc2ccccc2)cc1.F[P-](F)(F)(F)(F)F. The van der Waals surface area contributed by atoms with Gasteiger partial charge >= 0.3 is 33.0 Å². The second-order valence-electron chi connectivity index (χ2n) is 8.89. The molecule has 0 saturated carbocycles. The Bertz CT molecular complexity index is 1650. The van der Waals surface area contributed by atoms with Crippen LogP contribution in [0.1, 0.15) is 25.3 Å². The van der Waals surface area contributed by atoms with Crippen molar-refractivity contribution in [2.45, 2.75) is 19.8 Å². The van der Waals surface area contributed by atoms with Crippen molar-refractivity contribution in [3.8, 4) is 16.4 Å². The van der Waals surface area contributed by atoms with Crippen LogP contribution in [0.25, 0.3) is 25.1 Å². The summed E-state index contributed by atoms with van der Waals surface area (Å²) in [5.41, 5.74) is 1.32. The van der Waals surface area contributed by atoms with E-state index in [1.165, 1.54) is 10.5 Å². The van der Waals surface area contributed by atoms with Crippen LogP contribution in [-0.4, -0.2) is 0 Å². The monoisotopic (exact) mass is 568 g/mol. The molecule has 0 N–H and O–H groups in total. The van der Waals surface area contributed by atoms with Gasteiger partial charge in [0.05, 0.1) is 10.8 Å². The first-order valence-corrected chi connectivity index (χ1v) is 14.7. The fourth-order valence-corrected chi connectivity index (χ4v) is 6.20. The molecule has 0 saturated heterocycles. The number of ether oxygens (including phenoxy) is 1. The van der Waals surface area contributed by atoms with Gasteiger partial charge < -0.3 is 4.74 Å². The van der Waals surface area contributed by atoms with Gasteiger partial charge in [0.25, 0.3) is 0 Å².